The Morgan fingerprint density at radius 1 is 1.28 bits per heavy atom. The number of anilines is 1. The zero-order valence-corrected chi connectivity index (χ0v) is 11.7. The van der Waals surface area contributed by atoms with Crippen molar-refractivity contribution in [3.8, 4) is 0 Å². The highest BCUT2D eigenvalue weighted by atomic mass is 79.9. The van der Waals surface area contributed by atoms with E-state index in [1.165, 1.54) is 4.90 Å². The number of carbonyl (C=O) groups excluding carboxylic acids is 2. The van der Waals surface area contributed by atoms with Crippen molar-refractivity contribution in [2.75, 3.05) is 24.7 Å². The standard InChI is InChI=1S/C13H14BrNO3/c1-2-7-18-8-6-15-11-9(12(16)13(15)17)4-3-5-10(11)14/h3-5H,2,6-8H2,1H3. The summed E-state index contributed by atoms with van der Waals surface area (Å²) < 4.78 is 6.12. The summed E-state index contributed by atoms with van der Waals surface area (Å²) in [5.41, 5.74) is 1.12. The Bertz CT molecular complexity index is 487. The maximum atomic E-state index is 11.9. The Morgan fingerprint density at radius 2 is 2.06 bits per heavy atom. The minimum atomic E-state index is -0.475. The van der Waals surface area contributed by atoms with Gasteiger partial charge in [-0.3, -0.25) is 9.59 Å². The summed E-state index contributed by atoms with van der Waals surface area (Å²) >= 11 is 3.38. The monoisotopic (exact) mass is 311 g/mol. The van der Waals surface area contributed by atoms with Gasteiger partial charge in [-0.15, -0.1) is 0 Å². The maximum Gasteiger partial charge on any atom is 0.299 e. The Balaban J connectivity index is 2.17. The SMILES string of the molecule is CCCOCCN1C(=O)C(=O)c2cccc(Br)c21. The second-order valence-electron chi connectivity index (χ2n) is 4.03. The molecule has 0 spiro atoms. The predicted octanol–water partition coefficient (Wildman–Crippen LogP) is 2.41. The molecular formula is C13H14BrNO3. The molecular weight excluding hydrogens is 298 g/mol. The molecule has 0 N–H and O–H groups in total. The molecule has 1 aromatic carbocycles. The number of Topliss-reactive ketones (excluding diaryl/α,β-unsaturated/α-hetero) is 1. The molecule has 1 heterocycles. The molecule has 96 valence electrons. The summed E-state index contributed by atoms with van der Waals surface area (Å²) in [6.07, 6.45) is 0.938. The van der Waals surface area contributed by atoms with Crippen LogP contribution in [0.5, 0.6) is 0 Å². The lowest BCUT2D eigenvalue weighted by Gasteiger charge is -2.17. The summed E-state index contributed by atoms with van der Waals surface area (Å²) in [5.74, 6) is -0.918. The fraction of sp³-hybridized carbons (Fsp3) is 0.385. The van der Waals surface area contributed by atoms with Gasteiger partial charge in [-0.1, -0.05) is 13.0 Å². The first kappa shape index (κ1) is 13.2. The van der Waals surface area contributed by atoms with E-state index in [1.807, 2.05) is 13.0 Å². The summed E-state index contributed by atoms with van der Waals surface area (Å²) in [7, 11) is 0. The van der Waals surface area contributed by atoms with Crippen LogP contribution in [0.1, 0.15) is 23.7 Å². The lowest BCUT2D eigenvalue weighted by molar-refractivity contribution is -0.114. The van der Waals surface area contributed by atoms with Gasteiger partial charge in [-0.25, -0.2) is 0 Å². The topological polar surface area (TPSA) is 46.6 Å². The molecule has 0 aromatic heterocycles. The van der Waals surface area contributed by atoms with Crippen LogP contribution in [0.2, 0.25) is 0 Å². The van der Waals surface area contributed by atoms with Crippen molar-refractivity contribution >= 4 is 33.3 Å². The van der Waals surface area contributed by atoms with Crippen LogP contribution in [0.15, 0.2) is 22.7 Å². The largest absolute Gasteiger partial charge is 0.380 e. The smallest absolute Gasteiger partial charge is 0.299 e. The van der Waals surface area contributed by atoms with Crippen molar-refractivity contribution in [3.05, 3.63) is 28.2 Å². The number of carbonyl (C=O) groups is 2. The van der Waals surface area contributed by atoms with Crippen molar-refractivity contribution < 1.29 is 14.3 Å². The molecule has 0 unspecified atom stereocenters. The van der Waals surface area contributed by atoms with Crippen LogP contribution >= 0.6 is 15.9 Å². The Kier molecular flexibility index (Phi) is 4.14. The molecule has 1 aromatic rings. The third-order valence-corrected chi connectivity index (χ3v) is 3.39. The van der Waals surface area contributed by atoms with Crippen molar-refractivity contribution in [3.63, 3.8) is 0 Å². The molecule has 0 fully saturated rings. The molecule has 0 aliphatic carbocycles. The molecule has 0 radical (unpaired) electrons. The number of amides is 1. The van der Waals surface area contributed by atoms with E-state index in [-0.39, 0.29) is 0 Å². The average molecular weight is 312 g/mol. The molecule has 0 saturated heterocycles. The fourth-order valence-electron chi connectivity index (χ4n) is 1.93. The number of nitrogens with zero attached hydrogens (tertiary/aromatic N) is 1. The van der Waals surface area contributed by atoms with Crippen LogP contribution in [-0.2, 0) is 9.53 Å². The first-order chi connectivity index (χ1) is 8.66. The third-order valence-electron chi connectivity index (χ3n) is 2.75. The average Bonchev–Trinajstić information content (AvgIpc) is 2.61. The summed E-state index contributed by atoms with van der Waals surface area (Å²) in [6.45, 7) is 3.53. The molecule has 4 nitrogen and oxygen atoms in total. The lowest BCUT2D eigenvalue weighted by Crippen LogP contribution is -2.33. The first-order valence-corrected chi connectivity index (χ1v) is 6.68. The molecule has 2 rings (SSSR count). The zero-order valence-electron chi connectivity index (χ0n) is 10.1. The highest BCUT2D eigenvalue weighted by molar-refractivity contribution is 9.10. The Morgan fingerprint density at radius 3 is 2.78 bits per heavy atom. The van der Waals surface area contributed by atoms with E-state index in [4.69, 9.17) is 4.74 Å². The quantitative estimate of drug-likeness (QED) is 0.619. The van der Waals surface area contributed by atoms with Gasteiger partial charge in [0.25, 0.3) is 11.7 Å². The van der Waals surface area contributed by atoms with E-state index in [0.29, 0.717) is 31.0 Å². The molecule has 1 aliphatic heterocycles. The fourth-order valence-corrected chi connectivity index (χ4v) is 2.51. The van der Waals surface area contributed by atoms with Gasteiger partial charge in [0.1, 0.15) is 0 Å². The van der Waals surface area contributed by atoms with Crippen molar-refractivity contribution in [2.45, 2.75) is 13.3 Å². The van der Waals surface area contributed by atoms with Gasteiger partial charge in [0.2, 0.25) is 0 Å². The van der Waals surface area contributed by atoms with Gasteiger partial charge in [0.15, 0.2) is 0 Å². The van der Waals surface area contributed by atoms with Crippen LogP contribution in [0.4, 0.5) is 5.69 Å². The van der Waals surface area contributed by atoms with Crippen LogP contribution in [0.3, 0.4) is 0 Å². The van der Waals surface area contributed by atoms with E-state index in [2.05, 4.69) is 15.9 Å². The van der Waals surface area contributed by atoms with E-state index in [1.54, 1.807) is 12.1 Å². The van der Waals surface area contributed by atoms with E-state index in [0.717, 1.165) is 10.9 Å². The highest BCUT2D eigenvalue weighted by Crippen LogP contribution is 2.35. The van der Waals surface area contributed by atoms with Crippen LogP contribution in [0.25, 0.3) is 0 Å². The summed E-state index contributed by atoms with van der Waals surface area (Å²) in [5, 5.41) is 0. The number of hydrogen-bond donors (Lipinski definition) is 0. The molecule has 18 heavy (non-hydrogen) atoms. The molecule has 0 atom stereocenters. The third kappa shape index (κ3) is 2.33. The van der Waals surface area contributed by atoms with Gasteiger partial charge in [-0.05, 0) is 34.5 Å². The van der Waals surface area contributed by atoms with Gasteiger partial charge < -0.3 is 9.64 Å². The van der Waals surface area contributed by atoms with Gasteiger partial charge in [-0.2, -0.15) is 0 Å². The number of ether oxygens (including phenoxy) is 1. The molecule has 5 heteroatoms. The lowest BCUT2D eigenvalue weighted by atomic mass is 10.1. The molecule has 1 amide bonds. The molecule has 1 aliphatic rings. The van der Waals surface area contributed by atoms with Crippen molar-refractivity contribution in [1.29, 1.82) is 0 Å². The van der Waals surface area contributed by atoms with Crippen LogP contribution < -0.4 is 4.90 Å². The number of ketones is 1. The first-order valence-electron chi connectivity index (χ1n) is 5.89. The second-order valence-corrected chi connectivity index (χ2v) is 4.89. The Labute approximate surface area is 114 Å². The number of para-hydroxylation sites is 1. The zero-order chi connectivity index (χ0) is 13.1. The van der Waals surface area contributed by atoms with Crippen molar-refractivity contribution in [1.82, 2.24) is 0 Å². The normalized spacial score (nSPS) is 14.2. The van der Waals surface area contributed by atoms with Crippen molar-refractivity contribution in [2.24, 2.45) is 0 Å². The summed E-state index contributed by atoms with van der Waals surface area (Å²) in [4.78, 5) is 25.2. The molecule has 0 bridgehead atoms. The van der Waals surface area contributed by atoms with Crippen LogP contribution in [-0.4, -0.2) is 31.4 Å². The van der Waals surface area contributed by atoms with E-state index in [9.17, 15) is 9.59 Å². The molecule has 0 saturated carbocycles. The predicted molar refractivity (Wildman–Crippen MR) is 71.9 cm³/mol. The van der Waals surface area contributed by atoms with Gasteiger partial charge in [0, 0.05) is 17.6 Å². The number of benzene rings is 1. The minimum Gasteiger partial charge on any atom is -0.380 e. The number of fused-ring (bicyclic) bond motifs is 1. The number of rotatable bonds is 5. The minimum absolute atomic E-state index is 0.403. The second kappa shape index (κ2) is 5.63. The van der Waals surface area contributed by atoms with Gasteiger partial charge >= 0.3 is 0 Å². The van der Waals surface area contributed by atoms with Gasteiger partial charge in [0.05, 0.1) is 17.9 Å². The van der Waals surface area contributed by atoms with E-state index < -0.39 is 11.7 Å². The number of hydrogen-bond acceptors (Lipinski definition) is 3. The summed E-state index contributed by atoms with van der Waals surface area (Å²) in [6, 6.07) is 5.25. The number of halogens is 1. The maximum absolute atomic E-state index is 11.9. The highest BCUT2D eigenvalue weighted by Gasteiger charge is 2.36. The Hall–Kier alpha value is -1.20. The van der Waals surface area contributed by atoms with Crippen LogP contribution in [0, 0.1) is 0 Å². The van der Waals surface area contributed by atoms with E-state index >= 15 is 0 Å².